The van der Waals surface area contributed by atoms with Crippen LogP contribution in [0.4, 0.5) is 5.00 Å². The number of thiophene rings is 1. The van der Waals surface area contributed by atoms with E-state index in [1.807, 2.05) is 0 Å². The Balaban J connectivity index is 1.80. The lowest BCUT2D eigenvalue weighted by molar-refractivity contribution is -0.124. The molecule has 0 aliphatic heterocycles. The van der Waals surface area contributed by atoms with E-state index in [-0.39, 0.29) is 23.7 Å². The molecule has 0 radical (unpaired) electrons. The molecular formula is C22H25ClN2O5S. The fraction of sp³-hybridized carbons (Fsp3) is 0.455. The van der Waals surface area contributed by atoms with E-state index in [4.69, 9.17) is 21.1 Å². The lowest BCUT2D eigenvalue weighted by Crippen LogP contribution is -2.32. The van der Waals surface area contributed by atoms with Gasteiger partial charge < -0.3 is 14.8 Å². The first-order chi connectivity index (χ1) is 14.8. The van der Waals surface area contributed by atoms with Crippen molar-refractivity contribution in [1.29, 1.82) is 0 Å². The number of nitrogens with zero attached hydrogens (tertiary/aromatic N) is 1. The predicted molar refractivity (Wildman–Crippen MR) is 119 cm³/mol. The van der Waals surface area contributed by atoms with Crippen LogP contribution >= 0.6 is 22.9 Å². The van der Waals surface area contributed by atoms with Crippen LogP contribution in [0.25, 0.3) is 0 Å². The normalized spacial score (nSPS) is 16.2. The van der Waals surface area contributed by atoms with Crippen molar-refractivity contribution >= 4 is 45.8 Å². The number of carbonyl (C=O) groups excluding carboxylic acids is 3. The number of anilines is 1. The Bertz CT molecular complexity index is 990. The highest BCUT2D eigenvalue weighted by Crippen LogP contribution is 2.40. The fourth-order valence-electron chi connectivity index (χ4n) is 3.50. The summed E-state index contributed by atoms with van der Waals surface area (Å²) in [5.41, 5.74) is 1.58. The highest BCUT2D eigenvalue weighted by molar-refractivity contribution is 7.17. The maximum Gasteiger partial charge on any atom is 0.341 e. The average Bonchev–Trinajstić information content (AvgIpc) is 3.08. The van der Waals surface area contributed by atoms with E-state index >= 15 is 0 Å². The maximum absolute atomic E-state index is 12.9. The Morgan fingerprint density at radius 2 is 2.10 bits per heavy atom. The average molecular weight is 465 g/mol. The molecule has 1 amide bonds. The molecule has 2 unspecified atom stereocenters. The van der Waals surface area contributed by atoms with Gasteiger partial charge in [-0.15, -0.1) is 11.3 Å². The quantitative estimate of drug-likeness (QED) is 0.472. The first-order valence-electron chi connectivity index (χ1n) is 10.3. The van der Waals surface area contributed by atoms with Gasteiger partial charge in [0.05, 0.1) is 17.7 Å². The number of amides is 1. The van der Waals surface area contributed by atoms with Gasteiger partial charge in [0, 0.05) is 11.1 Å². The lowest BCUT2D eigenvalue weighted by atomic mass is 9.88. The molecule has 0 saturated carbocycles. The molecule has 0 spiro atoms. The number of halogens is 1. The van der Waals surface area contributed by atoms with E-state index in [0.717, 1.165) is 29.7 Å². The molecule has 7 nitrogen and oxygen atoms in total. The van der Waals surface area contributed by atoms with Gasteiger partial charge in [-0.1, -0.05) is 25.4 Å². The van der Waals surface area contributed by atoms with Crippen LogP contribution in [0.5, 0.6) is 0 Å². The second kappa shape index (κ2) is 10.2. The highest BCUT2D eigenvalue weighted by atomic mass is 35.5. The topological polar surface area (TPSA) is 94.6 Å². The minimum Gasteiger partial charge on any atom is -0.462 e. The molecule has 9 heteroatoms. The molecule has 31 heavy (non-hydrogen) atoms. The van der Waals surface area contributed by atoms with Gasteiger partial charge in [0.15, 0.2) is 6.10 Å². The first-order valence-corrected chi connectivity index (χ1v) is 11.5. The number of hydrogen-bond donors (Lipinski definition) is 1. The van der Waals surface area contributed by atoms with E-state index in [2.05, 4.69) is 17.2 Å². The van der Waals surface area contributed by atoms with Crippen LogP contribution in [0.1, 0.15) is 64.8 Å². The van der Waals surface area contributed by atoms with Crippen molar-refractivity contribution < 1.29 is 23.9 Å². The number of fused-ring (bicyclic) bond motifs is 1. The van der Waals surface area contributed by atoms with E-state index in [1.54, 1.807) is 13.8 Å². The summed E-state index contributed by atoms with van der Waals surface area (Å²) >= 11 is 7.22. The second-order valence-electron chi connectivity index (χ2n) is 7.44. The van der Waals surface area contributed by atoms with Gasteiger partial charge in [0.1, 0.15) is 10.2 Å². The lowest BCUT2D eigenvalue weighted by Gasteiger charge is -2.18. The molecule has 2 heterocycles. The van der Waals surface area contributed by atoms with E-state index in [9.17, 15) is 14.4 Å². The van der Waals surface area contributed by atoms with Gasteiger partial charge in [0.2, 0.25) is 0 Å². The van der Waals surface area contributed by atoms with Crippen molar-refractivity contribution in [1.82, 2.24) is 4.98 Å². The number of esters is 2. The molecule has 2 aromatic rings. The number of pyridine rings is 1. The monoisotopic (exact) mass is 464 g/mol. The van der Waals surface area contributed by atoms with Gasteiger partial charge in [0.25, 0.3) is 5.91 Å². The number of aromatic nitrogens is 1. The molecule has 1 aliphatic rings. The van der Waals surface area contributed by atoms with E-state index < -0.39 is 23.9 Å². The van der Waals surface area contributed by atoms with E-state index in [1.165, 1.54) is 29.7 Å². The Morgan fingerprint density at radius 1 is 1.32 bits per heavy atom. The fourth-order valence-corrected chi connectivity index (χ4v) is 5.08. The van der Waals surface area contributed by atoms with Crippen LogP contribution < -0.4 is 5.32 Å². The molecular weight excluding hydrogens is 440 g/mol. The molecule has 1 N–H and O–H groups in total. The first kappa shape index (κ1) is 23.2. The zero-order valence-corrected chi connectivity index (χ0v) is 19.3. The Hall–Kier alpha value is -2.45. The number of rotatable bonds is 7. The van der Waals surface area contributed by atoms with Crippen molar-refractivity contribution in [2.75, 3.05) is 11.9 Å². The summed E-state index contributed by atoms with van der Waals surface area (Å²) in [7, 11) is 0. The smallest absolute Gasteiger partial charge is 0.341 e. The third kappa shape index (κ3) is 5.43. The summed E-state index contributed by atoms with van der Waals surface area (Å²) in [5.74, 6) is -1.09. The SMILES string of the molecule is CCOC(=O)c1c(NC(=O)C(CC)OC(=O)c2ccnc(Cl)c2)sc2c1CCC(C)C2. The second-order valence-corrected chi connectivity index (χ2v) is 8.93. The number of ether oxygens (including phenoxy) is 2. The van der Waals surface area contributed by atoms with Crippen LogP contribution in [0.2, 0.25) is 5.15 Å². The summed E-state index contributed by atoms with van der Waals surface area (Å²) in [4.78, 5) is 42.9. The van der Waals surface area contributed by atoms with Crippen molar-refractivity contribution in [2.45, 2.75) is 52.6 Å². The van der Waals surface area contributed by atoms with Gasteiger partial charge in [-0.25, -0.2) is 14.6 Å². The summed E-state index contributed by atoms with van der Waals surface area (Å²) in [6.45, 7) is 5.90. The van der Waals surface area contributed by atoms with Gasteiger partial charge in [-0.05, 0) is 56.2 Å². The van der Waals surface area contributed by atoms with Crippen molar-refractivity contribution in [2.24, 2.45) is 5.92 Å². The van der Waals surface area contributed by atoms with Crippen molar-refractivity contribution in [3.63, 3.8) is 0 Å². The number of nitrogens with one attached hydrogen (secondary N) is 1. The maximum atomic E-state index is 12.9. The van der Waals surface area contributed by atoms with Crippen LogP contribution in [-0.4, -0.2) is 35.5 Å². The highest BCUT2D eigenvalue weighted by Gasteiger charge is 2.31. The Labute approximate surface area is 190 Å². The van der Waals surface area contributed by atoms with Crippen LogP contribution in [0.3, 0.4) is 0 Å². The molecule has 1 aliphatic carbocycles. The zero-order chi connectivity index (χ0) is 22.5. The van der Waals surface area contributed by atoms with Gasteiger partial charge >= 0.3 is 11.9 Å². The minimum absolute atomic E-state index is 0.157. The molecule has 0 saturated heterocycles. The molecule has 3 rings (SSSR count). The van der Waals surface area contributed by atoms with Crippen LogP contribution in [0, 0.1) is 5.92 Å². The standard InChI is InChI=1S/C22H25ClN2O5S/c1-4-15(30-21(27)13-8-9-24-17(23)11-13)19(26)25-20-18(22(28)29-5-2)14-7-6-12(3)10-16(14)31-20/h8-9,11-12,15H,4-7,10H2,1-3H3,(H,25,26). The predicted octanol–water partition coefficient (Wildman–Crippen LogP) is 4.67. The van der Waals surface area contributed by atoms with Crippen molar-refractivity contribution in [3.8, 4) is 0 Å². The third-order valence-electron chi connectivity index (χ3n) is 5.10. The summed E-state index contributed by atoms with van der Waals surface area (Å²) in [6, 6.07) is 2.84. The zero-order valence-electron chi connectivity index (χ0n) is 17.7. The van der Waals surface area contributed by atoms with Crippen LogP contribution in [0.15, 0.2) is 18.3 Å². The van der Waals surface area contributed by atoms with E-state index in [0.29, 0.717) is 16.5 Å². The molecule has 0 fully saturated rings. The number of carbonyl (C=O) groups is 3. The molecule has 0 bridgehead atoms. The summed E-state index contributed by atoms with van der Waals surface area (Å²) in [6.07, 6.45) is 3.25. The minimum atomic E-state index is -1.02. The summed E-state index contributed by atoms with van der Waals surface area (Å²) in [5, 5.41) is 3.41. The largest absolute Gasteiger partial charge is 0.462 e. The van der Waals surface area contributed by atoms with Crippen molar-refractivity contribution in [3.05, 3.63) is 45.1 Å². The van der Waals surface area contributed by atoms with Gasteiger partial charge in [-0.2, -0.15) is 0 Å². The summed E-state index contributed by atoms with van der Waals surface area (Å²) < 4.78 is 10.6. The Morgan fingerprint density at radius 3 is 2.77 bits per heavy atom. The number of hydrogen-bond acceptors (Lipinski definition) is 7. The van der Waals surface area contributed by atoms with Gasteiger partial charge in [-0.3, -0.25) is 4.79 Å². The van der Waals surface area contributed by atoms with Crippen LogP contribution in [-0.2, 0) is 27.1 Å². The molecule has 2 aromatic heterocycles. The Kier molecular flexibility index (Phi) is 7.67. The molecule has 0 aromatic carbocycles. The molecule has 2 atom stereocenters. The third-order valence-corrected chi connectivity index (χ3v) is 6.48. The molecule has 166 valence electrons.